The second-order valence-corrected chi connectivity index (χ2v) is 4.45. The Labute approximate surface area is 108 Å². The van der Waals surface area contributed by atoms with Gasteiger partial charge in [-0.15, -0.1) is 0 Å². The normalized spacial score (nSPS) is 10.4. The van der Waals surface area contributed by atoms with Gasteiger partial charge in [0.1, 0.15) is 5.75 Å². The molecule has 1 aromatic carbocycles. The molecule has 1 N–H and O–H groups in total. The van der Waals surface area contributed by atoms with Crippen molar-refractivity contribution in [2.75, 3.05) is 11.9 Å². The first-order valence-corrected chi connectivity index (χ1v) is 6.27. The van der Waals surface area contributed by atoms with Gasteiger partial charge in [-0.05, 0) is 49.2 Å². The molecule has 96 valence electrons. The summed E-state index contributed by atoms with van der Waals surface area (Å²) in [5.41, 5.74) is 3.64. The Morgan fingerprint density at radius 1 is 1.28 bits per heavy atom. The second-order valence-electron chi connectivity index (χ2n) is 4.45. The maximum Gasteiger partial charge on any atom is 0.119 e. The number of anilines is 1. The lowest BCUT2D eigenvalue weighted by Crippen LogP contribution is -2.01. The Morgan fingerprint density at radius 3 is 2.72 bits per heavy atom. The topological polar surface area (TPSA) is 26.2 Å². The predicted molar refractivity (Wildman–Crippen MR) is 75.1 cm³/mol. The molecule has 18 heavy (non-hydrogen) atoms. The third-order valence-electron chi connectivity index (χ3n) is 2.89. The van der Waals surface area contributed by atoms with Gasteiger partial charge < -0.3 is 14.6 Å². The van der Waals surface area contributed by atoms with Crippen LogP contribution in [-0.2, 0) is 13.6 Å². The monoisotopic (exact) mass is 244 g/mol. The fourth-order valence-corrected chi connectivity index (χ4v) is 1.95. The van der Waals surface area contributed by atoms with Crippen LogP contribution in [0.2, 0.25) is 0 Å². The number of hydrogen-bond acceptors (Lipinski definition) is 2. The number of aromatic nitrogens is 1. The van der Waals surface area contributed by atoms with E-state index in [1.165, 1.54) is 11.1 Å². The molecule has 0 spiro atoms. The first kappa shape index (κ1) is 12.6. The number of aryl methyl sites for hydroxylation is 2. The molecule has 3 heteroatoms. The van der Waals surface area contributed by atoms with Crippen molar-refractivity contribution in [2.24, 2.45) is 7.05 Å². The van der Waals surface area contributed by atoms with E-state index in [-0.39, 0.29) is 0 Å². The first-order valence-electron chi connectivity index (χ1n) is 6.27. The fraction of sp³-hybridized carbons (Fsp3) is 0.333. The minimum absolute atomic E-state index is 0.705. The minimum Gasteiger partial charge on any atom is -0.494 e. The molecule has 1 aromatic heterocycles. The highest BCUT2D eigenvalue weighted by Crippen LogP contribution is 2.21. The maximum absolute atomic E-state index is 5.48. The molecule has 0 atom stereocenters. The summed E-state index contributed by atoms with van der Waals surface area (Å²) in [6.45, 7) is 5.64. The van der Waals surface area contributed by atoms with Crippen molar-refractivity contribution in [1.82, 2.24) is 4.57 Å². The average Bonchev–Trinajstić information content (AvgIpc) is 2.74. The van der Waals surface area contributed by atoms with E-state index in [1.54, 1.807) is 0 Å². The van der Waals surface area contributed by atoms with Gasteiger partial charge in [0.2, 0.25) is 0 Å². The quantitative estimate of drug-likeness (QED) is 0.873. The van der Waals surface area contributed by atoms with E-state index < -0.39 is 0 Å². The highest BCUT2D eigenvalue weighted by molar-refractivity contribution is 5.53. The summed E-state index contributed by atoms with van der Waals surface area (Å²) in [7, 11) is 2.03. The number of benzene rings is 1. The second kappa shape index (κ2) is 5.63. The van der Waals surface area contributed by atoms with E-state index in [1.807, 2.05) is 20.0 Å². The summed E-state index contributed by atoms with van der Waals surface area (Å²) >= 11 is 0. The number of ether oxygens (including phenoxy) is 1. The van der Waals surface area contributed by atoms with Gasteiger partial charge in [0.25, 0.3) is 0 Å². The molecule has 0 saturated carbocycles. The van der Waals surface area contributed by atoms with Crippen molar-refractivity contribution < 1.29 is 4.74 Å². The number of nitrogens with one attached hydrogen (secondary N) is 1. The smallest absolute Gasteiger partial charge is 0.119 e. The Hall–Kier alpha value is -1.90. The highest BCUT2D eigenvalue weighted by atomic mass is 16.5. The van der Waals surface area contributed by atoms with Crippen molar-refractivity contribution in [3.05, 3.63) is 47.8 Å². The van der Waals surface area contributed by atoms with Gasteiger partial charge in [0, 0.05) is 31.7 Å². The molecule has 1 heterocycles. The van der Waals surface area contributed by atoms with Crippen LogP contribution >= 0.6 is 0 Å². The zero-order chi connectivity index (χ0) is 13.0. The standard InChI is InChI=1S/C15H20N2O/c1-4-18-14-5-6-15(12(2)9-14)16-10-13-7-8-17(3)11-13/h5-9,11,16H,4,10H2,1-3H3. The summed E-state index contributed by atoms with van der Waals surface area (Å²) in [5.74, 6) is 0.931. The third-order valence-corrected chi connectivity index (χ3v) is 2.89. The van der Waals surface area contributed by atoms with Crippen LogP contribution in [0, 0.1) is 6.92 Å². The molecular weight excluding hydrogens is 224 g/mol. The van der Waals surface area contributed by atoms with Crippen LogP contribution in [0.1, 0.15) is 18.1 Å². The molecule has 0 unspecified atom stereocenters. The predicted octanol–water partition coefficient (Wildman–Crippen LogP) is 3.34. The van der Waals surface area contributed by atoms with Crippen LogP contribution in [0.15, 0.2) is 36.7 Å². The minimum atomic E-state index is 0.705. The lowest BCUT2D eigenvalue weighted by molar-refractivity contribution is 0.340. The summed E-state index contributed by atoms with van der Waals surface area (Å²) < 4.78 is 7.53. The van der Waals surface area contributed by atoms with Crippen LogP contribution in [0.4, 0.5) is 5.69 Å². The number of nitrogens with zero attached hydrogens (tertiary/aromatic N) is 1. The molecular formula is C15H20N2O. The van der Waals surface area contributed by atoms with Crippen molar-refractivity contribution >= 4 is 5.69 Å². The zero-order valence-corrected chi connectivity index (χ0v) is 11.2. The van der Waals surface area contributed by atoms with E-state index >= 15 is 0 Å². The van der Waals surface area contributed by atoms with Gasteiger partial charge in [-0.25, -0.2) is 0 Å². The van der Waals surface area contributed by atoms with Crippen molar-refractivity contribution in [3.8, 4) is 5.75 Å². The van der Waals surface area contributed by atoms with Gasteiger partial charge in [-0.2, -0.15) is 0 Å². The highest BCUT2D eigenvalue weighted by Gasteiger charge is 2.01. The van der Waals surface area contributed by atoms with Crippen LogP contribution in [0.25, 0.3) is 0 Å². The van der Waals surface area contributed by atoms with Gasteiger partial charge in [0.05, 0.1) is 6.61 Å². The molecule has 0 radical (unpaired) electrons. The van der Waals surface area contributed by atoms with E-state index in [4.69, 9.17) is 4.74 Å². The molecule has 0 aliphatic carbocycles. The van der Waals surface area contributed by atoms with Gasteiger partial charge in [0.15, 0.2) is 0 Å². The van der Waals surface area contributed by atoms with Crippen molar-refractivity contribution in [2.45, 2.75) is 20.4 Å². The lowest BCUT2D eigenvalue weighted by Gasteiger charge is -2.11. The zero-order valence-electron chi connectivity index (χ0n) is 11.2. The molecule has 2 aromatic rings. The number of rotatable bonds is 5. The summed E-state index contributed by atoms with van der Waals surface area (Å²) in [4.78, 5) is 0. The van der Waals surface area contributed by atoms with Crippen LogP contribution in [0.5, 0.6) is 5.75 Å². The largest absolute Gasteiger partial charge is 0.494 e. The molecule has 0 bridgehead atoms. The summed E-state index contributed by atoms with van der Waals surface area (Å²) in [6, 6.07) is 8.26. The number of hydrogen-bond donors (Lipinski definition) is 1. The van der Waals surface area contributed by atoms with Gasteiger partial charge in [-0.1, -0.05) is 0 Å². The van der Waals surface area contributed by atoms with Crippen LogP contribution in [0.3, 0.4) is 0 Å². The van der Waals surface area contributed by atoms with Gasteiger partial charge in [-0.3, -0.25) is 0 Å². The summed E-state index contributed by atoms with van der Waals surface area (Å²) in [6.07, 6.45) is 4.18. The molecule has 0 saturated heterocycles. The van der Waals surface area contributed by atoms with E-state index in [0.29, 0.717) is 6.61 Å². The fourth-order valence-electron chi connectivity index (χ4n) is 1.95. The molecule has 0 fully saturated rings. The van der Waals surface area contributed by atoms with Crippen LogP contribution in [-0.4, -0.2) is 11.2 Å². The van der Waals surface area contributed by atoms with Crippen molar-refractivity contribution in [3.63, 3.8) is 0 Å². The first-order chi connectivity index (χ1) is 8.69. The Balaban J connectivity index is 2.01. The Kier molecular flexibility index (Phi) is 3.92. The van der Waals surface area contributed by atoms with Gasteiger partial charge >= 0.3 is 0 Å². The summed E-state index contributed by atoms with van der Waals surface area (Å²) in [5, 5.41) is 3.44. The third kappa shape index (κ3) is 3.06. The maximum atomic E-state index is 5.48. The van der Waals surface area contributed by atoms with Crippen LogP contribution < -0.4 is 10.1 Å². The molecule has 0 aliphatic heterocycles. The van der Waals surface area contributed by atoms with E-state index in [0.717, 1.165) is 18.0 Å². The Morgan fingerprint density at radius 2 is 2.11 bits per heavy atom. The van der Waals surface area contributed by atoms with E-state index in [2.05, 4.69) is 47.4 Å². The Bertz CT molecular complexity index is 517. The molecule has 2 rings (SSSR count). The van der Waals surface area contributed by atoms with Crippen molar-refractivity contribution in [1.29, 1.82) is 0 Å². The molecule has 0 aliphatic rings. The molecule has 3 nitrogen and oxygen atoms in total. The SMILES string of the molecule is CCOc1ccc(NCc2ccn(C)c2)c(C)c1. The molecule has 0 amide bonds. The average molecular weight is 244 g/mol. The van der Waals surface area contributed by atoms with E-state index in [9.17, 15) is 0 Å². The lowest BCUT2D eigenvalue weighted by atomic mass is 10.2.